The van der Waals surface area contributed by atoms with Crippen LogP contribution in [0.3, 0.4) is 0 Å². The zero-order valence-corrected chi connectivity index (χ0v) is 68.1. The van der Waals surface area contributed by atoms with Gasteiger partial charge in [0.25, 0.3) is 0 Å². The van der Waals surface area contributed by atoms with Crippen LogP contribution >= 0.6 is 15.6 Å². The zero-order chi connectivity index (χ0) is 77.4. The molecular weight excluding hydrogens is 1380 g/mol. The minimum atomic E-state index is -5.00. The average Bonchev–Trinajstić information content (AvgIpc) is 0.928. The van der Waals surface area contributed by atoms with Crippen LogP contribution in [0.4, 0.5) is 0 Å². The van der Waals surface area contributed by atoms with Gasteiger partial charge in [0.05, 0.1) is 26.4 Å². The number of allylic oxidation sites excluding steroid dienone is 24. The molecule has 606 valence electrons. The maximum absolute atomic E-state index is 13.1. The molecule has 0 aliphatic heterocycles. The summed E-state index contributed by atoms with van der Waals surface area (Å²) in [7, 11) is -9.99. The lowest BCUT2D eigenvalue weighted by molar-refractivity contribution is -0.161. The monoisotopic (exact) mass is 1530 g/mol. The van der Waals surface area contributed by atoms with Crippen molar-refractivity contribution in [2.45, 2.75) is 341 Å². The van der Waals surface area contributed by atoms with E-state index in [1.165, 1.54) is 57.8 Å². The van der Waals surface area contributed by atoms with Crippen molar-refractivity contribution in [3.8, 4) is 0 Å². The van der Waals surface area contributed by atoms with Crippen molar-refractivity contribution in [2.24, 2.45) is 0 Å². The highest BCUT2D eigenvalue weighted by Gasteiger charge is 2.30. The summed E-state index contributed by atoms with van der Waals surface area (Å²) in [5, 5.41) is 10.7. The molecule has 0 amide bonds. The molecule has 0 heterocycles. The maximum Gasteiger partial charge on any atom is 0.472 e. The second-order valence-electron chi connectivity index (χ2n) is 26.9. The third-order valence-electron chi connectivity index (χ3n) is 16.8. The van der Waals surface area contributed by atoms with Crippen LogP contribution in [0, 0.1) is 0 Å². The summed E-state index contributed by atoms with van der Waals surface area (Å²) >= 11 is 0. The van der Waals surface area contributed by atoms with E-state index in [9.17, 15) is 43.2 Å². The average molecular weight is 1530 g/mol. The number of ether oxygens (including phenoxy) is 4. The van der Waals surface area contributed by atoms with Gasteiger partial charge in [0, 0.05) is 25.7 Å². The summed E-state index contributed by atoms with van der Waals surface area (Å²) in [5.74, 6) is -2.28. The Morgan fingerprint density at radius 1 is 0.274 bits per heavy atom. The molecular formula is C87H146O17P2. The lowest BCUT2D eigenvalue weighted by atomic mass is 10.1. The Morgan fingerprint density at radius 2 is 0.500 bits per heavy atom. The van der Waals surface area contributed by atoms with Gasteiger partial charge >= 0.3 is 39.5 Å². The van der Waals surface area contributed by atoms with Gasteiger partial charge < -0.3 is 33.8 Å². The van der Waals surface area contributed by atoms with Crippen molar-refractivity contribution in [1.29, 1.82) is 0 Å². The molecule has 0 fully saturated rings. The van der Waals surface area contributed by atoms with Crippen molar-refractivity contribution in [1.82, 2.24) is 0 Å². The summed E-state index contributed by atoms with van der Waals surface area (Å²) in [6, 6.07) is 0. The number of carbonyl (C=O) groups excluding carboxylic acids is 4. The third-order valence-corrected chi connectivity index (χ3v) is 18.7. The van der Waals surface area contributed by atoms with E-state index in [1.807, 2.05) is 12.2 Å². The lowest BCUT2D eigenvalue weighted by Gasteiger charge is -2.21. The number of aliphatic hydroxyl groups is 1. The molecule has 0 aromatic carbocycles. The first kappa shape index (κ1) is 101. The Labute approximate surface area is 643 Å². The normalized spacial score (nSPS) is 14.6. The predicted molar refractivity (Wildman–Crippen MR) is 436 cm³/mol. The van der Waals surface area contributed by atoms with Gasteiger partial charge in [-0.1, -0.05) is 283 Å². The fourth-order valence-corrected chi connectivity index (χ4v) is 12.1. The topological polar surface area (TPSA) is 237 Å². The fraction of sp³-hybridized carbons (Fsp3) is 0.678. The van der Waals surface area contributed by atoms with Gasteiger partial charge in [-0.05, 0) is 161 Å². The van der Waals surface area contributed by atoms with Crippen molar-refractivity contribution in [2.75, 3.05) is 39.6 Å². The second-order valence-corrected chi connectivity index (χ2v) is 29.8. The van der Waals surface area contributed by atoms with Crippen LogP contribution in [0.25, 0.3) is 0 Å². The van der Waals surface area contributed by atoms with Gasteiger partial charge in [-0.15, -0.1) is 0 Å². The van der Waals surface area contributed by atoms with Gasteiger partial charge in [0.1, 0.15) is 19.3 Å². The number of rotatable bonds is 76. The molecule has 19 heteroatoms. The van der Waals surface area contributed by atoms with Crippen LogP contribution in [-0.2, 0) is 65.4 Å². The highest BCUT2D eigenvalue weighted by Crippen LogP contribution is 2.45. The van der Waals surface area contributed by atoms with Crippen molar-refractivity contribution < 1.29 is 80.2 Å². The molecule has 3 N–H and O–H groups in total. The van der Waals surface area contributed by atoms with E-state index >= 15 is 0 Å². The highest BCUT2D eigenvalue weighted by atomic mass is 31.2. The first-order valence-corrected chi connectivity index (χ1v) is 44.1. The molecule has 0 aliphatic carbocycles. The van der Waals surface area contributed by atoms with Crippen LogP contribution in [-0.4, -0.2) is 96.7 Å². The van der Waals surface area contributed by atoms with Gasteiger partial charge in [-0.25, -0.2) is 9.13 Å². The van der Waals surface area contributed by atoms with E-state index in [2.05, 4.69) is 161 Å². The summed E-state index contributed by atoms with van der Waals surface area (Å²) in [6.45, 7) is 4.53. The molecule has 5 unspecified atom stereocenters. The molecule has 0 spiro atoms. The first-order valence-electron chi connectivity index (χ1n) is 41.1. The van der Waals surface area contributed by atoms with Crippen LogP contribution < -0.4 is 0 Å². The Balaban J connectivity index is 5.44. The van der Waals surface area contributed by atoms with Crippen molar-refractivity contribution in [3.63, 3.8) is 0 Å². The van der Waals surface area contributed by atoms with Crippen molar-refractivity contribution in [3.05, 3.63) is 146 Å². The van der Waals surface area contributed by atoms with Gasteiger partial charge in [0.15, 0.2) is 12.2 Å². The van der Waals surface area contributed by atoms with E-state index in [0.717, 1.165) is 180 Å². The van der Waals surface area contributed by atoms with Crippen LogP contribution in [0.1, 0.15) is 323 Å². The number of unbranched alkanes of at least 4 members (excludes halogenated alkanes) is 26. The summed E-state index contributed by atoms with van der Waals surface area (Å²) in [4.78, 5) is 73.1. The quantitative estimate of drug-likeness (QED) is 0.0169. The van der Waals surface area contributed by atoms with Gasteiger partial charge in [-0.3, -0.25) is 37.3 Å². The first-order chi connectivity index (χ1) is 51.7. The largest absolute Gasteiger partial charge is 0.472 e. The van der Waals surface area contributed by atoms with Gasteiger partial charge in [0.2, 0.25) is 0 Å². The number of hydrogen-bond acceptors (Lipinski definition) is 15. The number of esters is 4. The standard InChI is InChI=1S/C87H146O17P2/c1-5-9-13-17-21-25-29-33-37-39-40-42-46-48-52-56-60-64-68-72-85(90)98-78-83(104-87(92)74-70-66-62-58-54-50-44-36-32-28-24-20-16-12-8-4)80-102-106(95,96)100-76-81(88)75-99-105(93,94)101-79-82(103-86(91)73-69-65-61-57-53-49-43-35-31-27-23-19-15-11-7-3)77-97-84(89)71-67-63-59-55-51-47-45-41-38-34-30-26-22-18-14-10-6-2/h9-10,13-14,21-23,25-27,33-38,40,42-45,47,55,59,81-83,88H,5-8,11-12,15-20,24,28-32,39,41,46,48-54,56-58,60-80H2,1-4H3,(H,93,94)(H,95,96)/b13-9-,14-10-,25-21-,26-22-,27-23-,37-33-,38-34-,42-40-,43-35-,44-36-,47-45-,59-55-. The lowest BCUT2D eigenvalue weighted by Crippen LogP contribution is -2.30. The molecule has 0 rings (SSSR count). The Kier molecular flexibility index (Phi) is 74.3. The molecule has 0 saturated heterocycles. The summed E-state index contributed by atoms with van der Waals surface area (Å²) in [6.07, 6.45) is 89.6. The highest BCUT2D eigenvalue weighted by molar-refractivity contribution is 7.47. The van der Waals surface area contributed by atoms with Crippen molar-refractivity contribution >= 4 is 39.5 Å². The minimum Gasteiger partial charge on any atom is -0.462 e. The van der Waals surface area contributed by atoms with E-state index in [0.29, 0.717) is 32.1 Å². The predicted octanol–water partition coefficient (Wildman–Crippen LogP) is 24.2. The summed E-state index contributed by atoms with van der Waals surface area (Å²) < 4.78 is 68.6. The van der Waals surface area contributed by atoms with E-state index in [1.54, 1.807) is 0 Å². The number of phosphoric acid groups is 2. The summed E-state index contributed by atoms with van der Waals surface area (Å²) in [5.41, 5.74) is 0. The smallest absolute Gasteiger partial charge is 0.462 e. The Hall–Kier alpha value is -5.06. The number of carbonyl (C=O) groups is 4. The molecule has 17 nitrogen and oxygen atoms in total. The number of hydrogen-bond donors (Lipinski definition) is 3. The molecule has 0 aliphatic rings. The SMILES string of the molecule is CC/C=C\C/C=C\C/C=C\C/C=C\C/C=C\CCCC(=O)OCC(COP(=O)(O)OCC(O)COP(=O)(O)OCC(COC(=O)CCCCCCCC/C=C\C/C=C\C/C=C\C/C=C\CC)OC(=O)CCCCCCC/C=C\CCCCCCCC)OC(=O)CCCCCCC/C=C\C/C=C\CCCCC. The van der Waals surface area contributed by atoms with E-state index in [-0.39, 0.29) is 25.7 Å². The Morgan fingerprint density at radius 3 is 0.821 bits per heavy atom. The number of phosphoric ester groups is 2. The van der Waals surface area contributed by atoms with Crippen LogP contribution in [0.5, 0.6) is 0 Å². The molecule has 0 bridgehead atoms. The van der Waals surface area contributed by atoms with Crippen LogP contribution in [0.15, 0.2) is 146 Å². The molecule has 0 radical (unpaired) electrons. The third kappa shape index (κ3) is 77.1. The number of aliphatic hydroxyl groups excluding tert-OH is 1. The molecule has 106 heavy (non-hydrogen) atoms. The fourth-order valence-electron chi connectivity index (χ4n) is 10.6. The Bertz CT molecular complexity index is 2580. The molecule has 0 aromatic rings. The maximum atomic E-state index is 13.1. The zero-order valence-electron chi connectivity index (χ0n) is 66.3. The van der Waals surface area contributed by atoms with E-state index in [4.69, 9.17) is 37.0 Å². The minimum absolute atomic E-state index is 0.0629. The molecule has 0 aromatic heterocycles. The van der Waals surface area contributed by atoms with Gasteiger partial charge in [-0.2, -0.15) is 0 Å². The molecule has 0 saturated carbocycles. The van der Waals surface area contributed by atoms with Crippen LogP contribution in [0.2, 0.25) is 0 Å². The molecule has 5 atom stereocenters. The second kappa shape index (κ2) is 78.1. The van der Waals surface area contributed by atoms with E-state index < -0.39 is 97.5 Å².